The lowest BCUT2D eigenvalue weighted by Crippen LogP contribution is -2.20. The second-order valence-corrected chi connectivity index (χ2v) is 3.86. The van der Waals surface area contributed by atoms with Gasteiger partial charge in [0.2, 0.25) is 0 Å². The quantitative estimate of drug-likeness (QED) is 0.635. The van der Waals surface area contributed by atoms with Crippen LogP contribution in [0, 0.1) is 0 Å². The van der Waals surface area contributed by atoms with Crippen molar-refractivity contribution in [3.05, 3.63) is 29.8 Å². The molecule has 0 heterocycles. The van der Waals surface area contributed by atoms with Gasteiger partial charge in [0, 0.05) is 7.11 Å². The van der Waals surface area contributed by atoms with Gasteiger partial charge in [-0.15, -0.1) is 0 Å². The van der Waals surface area contributed by atoms with Crippen LogP contribution in [0.25, 0.3) is 0 Å². The summed E-state index contributed by atoms with van der Waals surface area (Å²) in [5.41, 5.74) is 1.43. The van der Waals surface area contributed by atoms with Gasteiger partial charge >= 0.3 is 0 Å². The molecule has 0 bridgehead atoms. The van der Waals surface area contributed by atoms with Crippen molar-refractivity contribution in [2.75, 3.05) is 7.11 Å². The fourth-order valence-corrected chi connectivity index (χ4v) is 1.94. The SMILES string of the molecule is CCCc1ccccc1[Si]OC. The Bertz CT molecular complexity index is 210. The number of hydrogen-bond donors (Lipinski definition) is 0. The molecule has 1 nitrogen and oxygen atoms in total. The van der Waals surface area contributed by atoms with Crippen LogP contribution < -0.4 is 5.19 Å². The topological polar surface area (TPSA) is 9.23 Å². The summed E-state index contributed by atoms with van der Waals surface area (Å²) in [7, 11) is 2.25. The third-order valence-corrected chi connectivity index (χ3v) is 2.66. The van der Waals surface area contributed by atoms with Crippen LogP contribution in [0.1, 0.15) is 18.9 Å². The van der Waals surface area contributed by atoms with Crippen molar-refractivity contribution in [1.29, 1.82) is 0 Å². The Morgan fingerprint density at radius 1 is 1.33 bits per heavy atom. The van der Waals surface area contributed by atoms with E-state index in [0.717, 1.165) is 6.42 Å². The van der Waals surface area contributed by atoms with E-state index in [0.29, 0.717) is 9.76 Å². The van der Waals surface area contributed by atoms with Gasteiger partial charge < -0.3 is 4.43 Å². The molecule has 2 radical (unpaired) electrons. The van der Waals surface area contributed by atoms with E-state index >= 15 is 0 Å². The average Bonchev–Trinajstić information content (AvgIpc) is 2.09. The van der Waals surface area contributed by atoms with E-state index in [1.165, 1.54) is 17.2 Å². The summed E-state index contributed by atoms with van der Waals surface area (Å²) in [5.74, 6) is 0. The molecular weight excluding hydrogens is 164 g/mol. The van der Waals surface area contributed by atoms with Crippen molar-refractivity contribution in [1.82, 2.24) is 0 Å². The predicted octanol–water partition coefficient (Wildman–Crippen LogP) is 1.53. The first kappa shape index (κ1) is 9.48. The van der Waals surface area contributed by atoms with Gasteiger partial charge in [0.15, 0.2) is 0 Å². The lowest BCUT2D eigenvalue weighted by atomic mass is 10.1. The summed E-state index contributed by atoms with van der Waals surface area (Å²) in [4.78, 5) is 0. The van der Waals surface area contributed by atoms with E-state index in [9.17, 15) is 0 Å². The molecule has 0 amide bonds. The highest BCUT2D eigenvalue weighted by Crippen LogP contribution is 1.99. The molecule has 2 heteroatoms. The van der Waals surface area contributed by atoms with Crippen LogP contribution >= 0.6 is 0 Å². The molecule has 0 fully saturated rings. The lowest BCUT2D eigenvalue weighted by Gasteiger charge is -2.04. The normalized spacial score (nSPS) is 10.2. The largest absolute Gasteiger partial charge is 0.415 e. The van der Waals surface area contributed by atoms with E-state index < -0.39 is 0 Å². The van der Waals surface area contributed by atoms with Gasteiger partial charge in [-0.05, 0) is 17.2 Å². The molecule has 1 aromatic carbocycles. The highest BCUT2D eigenvalue weighted by Gasteiger charge is 2.00. The average molecular weight is 178 g/mol. The molecule has 0 atom stereocenters. The second kappa shape index (κ2) is 5.12. The van der Waals surface area contributed by atoms with Crippen LogP contribution in [0.2, 0.25) is 0 Å². The Kier molecular flexibility index (Phi) is 4.04. The van der Waals surface area contributed by atoms with E-state index in [-0.39, 0.29) is 0 Å². The third-order valence-electron chi connectivity index (χ3n) is 1.75. The van der Waals surface area contributed by atoms with Crippen molar-refractivity contribution in [2.24, 2.45) is 0 Å². The minimum atomic E-state index is 0.496. The number of rotatable bonds is 4. The fraction of sp³-hybridized carbons (Fsp3) is 0.400. The summed E-state index contributed by atoms with van der Waals surface area (Å²) < 4.78 is 5.14. The van der Waals surface area contributed by atoms with Crippen LogP contribution in [0.15, 0.2) is 24.3 Å². The standard InChI is InChI=1S/C10H14OSi/c1-3-6-9-7-4-5-8-10(9)12-11-2/h4-5,7-8H,3,6H2,1-2H3. The summed E-state index contributed by atoms with van der Waals surface area (Å²) in [5, 5.41) is 1.35. The highest BCUT2D eigenvalue weighted by molar-refractivity contribution is 6.47. The Morgan fingerprint density at radius 2 is 2.08 bits per heavy atom. The zero-order valence-electron chi connectivity index (χ0n) is 7.63. The summed E-state index contributed by atoms with van der Waals surface area (Å²) in [6.07, 6.45) is 2.36. The van der Waals surface area contributed by atoms with Crippen molar-refractivity contribution < 1.29 is 4.43 Å². The van der Waals surface area contributed by atoms with Crippen LogP contribution in [-0.4, -0.2) is 16.9 Å². The van der Waals surface area contributed by atoms with Gasteiger partial charge in [0.05, 0.1) is 0 Å². The smallest absolute Gasteiger partial charge is 0.268 e. The first-order valence-corrected chi connectivity index (χ1v) is 5.16. The van der Waals surface area contributed by atoms with Gasteiger partial charge in [-0.3, -0.25) is 0 Å². The van der Waals surface area contributed by atoms with Crippen molar-refractivity contribution in [3.8, 4) is 0 Å². The zero-order chi connectivity index (χ0) is 8.81. The molecular formula is C10H14OSi. The van der Waals surface area contributed by atoms with Crippen LogP contribution in [0.5, 0.6) is 0 Å². The molecule has 0 aromatic heterocycles. The molecule has 0 saturated heterocycles. The summed E-state index contributed by atoms with van der Waals surface area (Å²) in [6, 6.07) is 8.49. The second-order valence-electron chi connectivity index (χ2n) is 2.71. The Hall–Kier alpha value is -0.603. The summed E-state index contributed by atoms with van der Waals surface area (Å²) >= 11 is 0. The molecule has 64 valence electrons. The maximum absolute atomic E-state index is 5.14. The van der Waals surface area contributed by atoms with E-state index in [1.807, 2.05) is 0 Å². The number of aryl methyl sites for hydroxylation is 1. The van der Waals surface area contributed by atoms with Crippen LogP contribution in [0.3, 0.4) is 0 Å². The number of hydrogen-bond acceptors (Lipinski definition) is 1. The van der Waals surface area contributed by atoms with Crippen molar-refractivity contribution >= 4 is 14.9 Å². The minimum Gasteiger partial charge on any atom is -0.415 e. The molecule has 0 spiro atoms. The maximum atomic E-state index is 5.14. The van der Waals surface area contributed by atoms with Gasteiger partial charge in [-0.25, -0.2) is 0 Å². The first-order chi connectivity index (χ1) is 5.88. The Balaban J connectivity index is 2.77. The van der Waals surface area contributed by atoms with Crippen LogP contribution in [-0.2, 0) is 10.8 Å². The van der Waals surface area contributed by atoms with Gasteiger partial charge in [-0.2, -0.15) is 0 Å². The fourth-order valence-electron chi connectivity index (χ4n) is 1.22. The highest BCUT2D eigenvalue weighted by atomic mass is 28.2. The maximum Gasteiger partial charge on any atom is 0.268 e. The summed E-state index contributed by atoms with van der Waals surface area (Å²) in [6.45, 7) is 2.20. The molecule has 1 rings (SSSR count). The first-order valence-electron chi connectivity index (χ1n) is 4.25. The minimum absolute atomic E-state index is 0.496. The Morgan fingerprint density at radius 3 is 2.75 bits per heavy atom. The molecule has 1 aromatic rings. The molecule has 0 aliphatic rings. The van der Waals surface area contributed by atoms with E-state index in [1.54, 1.807) is 7.11 Å². The van der Waals surface area contributed by atoms with E-state index in [4.69, 9.17) is 4.43 Å². The monoisotopic (exact) mass is 178 g/mol. The predicted molar refractivity (Wildman–Crippen MR) is 52.8 cm³/mol. The molecule has 0 aliphatic heterocycles. The zero-order valence-corrected chi connectivity index (χ0v) is 8.63. The third kappa shape index (κ3) is 2.46. The molecule has 0 N–H and O–H groups in total. The molecule has 0 aliphatic carbocycles. The Labute approximate surface area is 76.7 Å². The molecule has 0 saturated carbocycles. The molecule has 12 heavy (non-hydrogen) atoms. The van der Waals surface area contributed by atoms with Gasteiger partial charge in [0.1, 0.15) is 0 Å². The van der Waals surface area contributed by atoms with Gasteiger partial charge in [0.25, 0.3) is 9.76 Å². The van der Waals surface area contributed by atoms with Crippen molar-refractivity contribution in [3.63, 3.8) is 0 Å². The van der Waals surface area contributed by atoms with Gasteiger partial charge in [-0.1, -0.05) is 37.6 Å². The van der Waals surface area contributed by atoms with Crippen molar-refractivity contribution in [2.45, 2.75) is 19.8 Å². The molecule has 0 unspecified atom stereocenters. The lowest BCUT2D eigenvalue weighted by molar-refractivity contribution is 0.450. The number of benzene rings is 1. The van der Waals surface area contributed by atoms with E-state index in [2.05, 4.69) is 31.2 Å². The van der Waals surface area contributed by atoms with Crippen LogP contribution in [0.4, 0.5) is 0 Å².